The van der Waals surface area contributed by atoms with Crippen LogP contribution in [0.5, 0.6) is 17.2 Å². The first-order chi connectivity index (χ1) is 10.0. The first kappa shape index (κ1) is 16.3. The van der Waals surface area contributed by atoms with Gasteiger partial charge in [0.05, 0.1) is 13.4 Å². The zero-order valence-corrected chi connectivity index (χ0v) is 11.7. The number of benzene rings is 1. The van der Waals surface area contributed by atoms with E-state index < -0.39 is 0 Å². The number of rotatable bonds is 3. The van der Waals surface area contributed by atoms with Crippen molar-refractivity contribution in [3.8, 4) is 17.2 Å². The van der Waals surface area contributed by atoms with Crippen molar-refractivity contribution in [1.82, 2.24) is 0 Å². The molecular formula is C15H16O6. The Kier molecular flexibility index (Phi) is 6.00. The number of phenolic OH excluding ortho intramolecular Hbond substituents is 1. The van der Waals surface area contributed by atoms with Crippen molar-refractivity contribution < 1.29 is 24.2 Å². The molecule has 112 valence electrons. The van der Waals surface area contributed by atoms with Crippen LogP contribution in [0.25, 0.3) is 0 Å². The monoisotopic (exact) mass is 292 g/mol. The molecular weight excluding hydrogens is 276 g/mol. The zero-order chi connectivity index (χ0) is 15.8. The van der Waals surface area contributed by atoms with Crippen LogP contribution in [0.2, 0.25) is 0 Å². The summed E-state index contributed by atoms with van der Waals surface area (Å²) >= 11 is 0. The molecule has 6 nitrogen and oxygen atoms in total. The Balaban J connectivity index is 0.000000211. The Bertz CT molecular complexity index is 659. The van der Waals surface area contributed by atoms with Crippen LogP contribution >= 0.6 is 0 Å². The number of aldehydes is 1. The van der Waals surface area contributed by atoms with Gasteiger partial charge in [0.15, 0.2) is 11.5 Å². The van der Waals surface area contributed by atoms with E-state index in [-0.39, 0.29) is 16.9 Å². The molecule has 0 aliphatic rings. The molecule has 2 aromatic rings. The molecule has 2 rings (SSSR count). The predicted molar refractivity (Wildman–Crippen MR) is 76.1 cm³/mol. The van der Waals surface area contributed by atoms with Crippen LogP contribution in [0.15, 0.2) is 39.7 Å². The molecule has 0 saturated carbocycles. The molecule has 0 radical (unpaired) electrons. The molecule has 6 heteroatoms. The molecule has 0 amide bonds. The van der Waals surface area contributed by atoms with Crippen LogP contribution in [-0.2, 0) is 6.42 Å². The van der Waals surface area contributed by atoms with Gasteiger partial charge in [-0.05, 0) is 18.2 Å². The first-order valence-electron chi connectivity index (χ1n) is 6.15. The smallest absolute Gasteiger partial charge is 0.226 e. The summed E-state index contributed by atoms with van der Waals surface area (Å²) < 4.78 is 9.62. The number of hydrogen-bond acceptors (Lipinski definition) is 6. The highest BCUT2D eigenvalue weighted by atomic mass is 16.5. The van der Waals surface area contributed by atoms with Crippen molar-refractivity contribution in [2.24, 2.45) is 0 Å². The van der Waals surface area contributed by atoms with Gasteiger partial charge in [0, 0.05) is 18.1 Å². The summed E-state index contributed by atoms with van der Waals surface area (Å²) in [7, 11) is 1.43. The summed E-state index contributed by atoms with van der Waals surface area (Å²) in [6, 6.07) is 5.60. The van der Waals surface area contributed by atoms with Crippen molar-refractivity contribution in [2.75, 3.05) is 7.11 Å². The molecule has 0 aliphatic carbocycles. The van der Waals surface area contributed by atoms with E-state index in [2.05, 4.69) is 0 Å². The summed E-state index contributed by atoms with van der Waals surface area (Å²) in [5, 5.41) is 18.1. The summed E-state index contributed by atoms with van der Waals surface area (Å²) in [5.74, 6) is 0.421. The lowest BCUT2D eigenvalue weighted by Gasteiger charge is -2.01. The van der Waals surface area contributed by atoms with Crippen molar-refractivity contribution in [3.05, 3.63) is 52.1 Å². The third kappa shape index (κ3) is 4.38. The highest BCUT2D eigenvalue weighted by molar-refractivity contribution is 5.76. The lowest BCUT2D eigenvalue weighted by atomic mass is 10.2. The third-order valence-electron chi connectivity index (χ3n) is 2.59. The number of ether oxygens (including phenoxy) is 1. The molecule has 1 heterocycles. The fraction of sp³-hybridized carbons (Fsp3) is 0.200. The number of carbonyl (C=O) groups excluding carboxylic acids is 1. The number of phenols is 1. The fourth-order valence-electron chi connectivity index (χ4n) is 1.47. The zero-order valence-electron chi connectivity index (χ0n) is 11.7. The molecule has 21 heavy (non-hydrogen) atoms. The number of aromatic hydroxyl groups is 2. The summed E-state index contributed by atoms with van der Waals surface area (Å²) in [6.45, 7) is 1.80. The highest BCUT2D eigenvalue weighted by Gasteiger charge is 2.03. The van der Waals surface area contributed by atoms with Gasteiger partial charge in [-0.25, -0.2) is 0 Å². The number of hydrogen-bond donors (Lipinski definition) is 2. The van der Waals surface area contributed by atoms with Crippen LogP contribution in [0, 0.1) is 0 Å². The second-order valence-corrected chi connectivity index (χ2v) is 3.96. The van der Waals surface area contributed by atoms with E-state index >= 15 is 0 Å². The second kappa shape index (κ2) is 7.74. The maximum absolute atomic E-state index is 10.7. The maximum atomic E-state index is 10.7. The standard InChI is InChI=1S/C8H8O3.C7H8O3/c1-11-8-4-6(5-9)2-3-7(8)10;1-2-6-7(9)5(8)3-4-10-6/h2-5,10H,1H3;3-4,9H,2H2,1H3. The Morgan fingerprint density at radius 3 is 2.52 bits per heavy atom. The second-order valence-electron chi connectivity index (χ2n) is 3.96. The largest absolute Gasteiger partial charge is 0.504 e. The molecule has 0 fully saturated rings. The van der Waals surface area contributed by atoms with Gasteiger partial charge < -0.3 is 19.4 Å². The molecule has 1 aromatic heterocycles. The van der Waals surface area contributed by atoms with E-state index in [0.29, 0.717) is 29.8 Å². The number of aryl methyl sites for hydroxylation is 1. The van der Waals surface area contributed by atoms with E-state index in [1.165, 1.54) is 37.6 Å². The summed E-state index contributed by atoms with van der Waals surface area (Å²) in [5.41, 5.74) is 0.0998. The highest BCUT2D eigenvalue weighted by Crippen LogP contribution is 2.25. The first-order valence-corrected chi connectivity index (χ1v) is 6.15. The van der Waals surface area contributed by atoms with E-state index in [9.17, 15) is 9.59 Å². The Morgan fingerprint density at radius 2 is 2.00 bits per heavy atom. The fourth-order valence-corrected chi connectivity index (χ4v) is 1.47. The molecule has 0 atom stereocenters. The van der Waals surface area contributed by atoms with Crippen molar-refractivity contribution in [2.45, 2.75) is 13.3 Å². The van der Waals surface area contributed by atoms with Gasteiger partial charge >= 0.3 is 0 Å². The minimum Gasteiger partial charge on any atom is -0.504 e. The van der Waals surface area contributed by atoms with E-state index in [4.69, 9.17) is 19.4 Å². The van der Waals surface area contributed by atoms with Crippen LogP contribution in [0.4, 0.5) is 0 Å². The lowest BCUT2D eigenvalue weighted by Crippen LogP contribution is -1.99. The van der Waals surface area contributed by atoms with Gasteiger partial charge in [0.1, 0.15) is 12.0 Å². The Hall–Kier alpha value is -2.76. The Labute approximate surface area is 121 Å². The van der Waals surface area contributed by atoms with E-state index in [0.717, 1.165) is 0 Å². The molecule has 2 N–H and O–H groups in total. The van der Waals surface area contributed by atoms with Gasteiger partial charge in [-0.15, -0.1) is 0 Å². The van der Waals surface area contributed by atoms with Gasteiger partial charge in [-0.1, -0.05) is 6.92 Å². The van der Waals surface area contributed by atoms with Crippen LogP contribution < -0.4 is 10.2 Å². The molecule has 0 aliphatic heterocycles. The average Bonchev–Trinajstić information content (AvgIpc) is 2.51. The molecule has 0 saturated heterocycles. The Morgan fingerprint density at radius 1 is 1.29 bits per heavy atom. The summed E-state index contributed by atoms with van der Waals surface area (Å²) in [6.07, 6.45) is 2.50. The normalized spacial score (nSPS) is 9.43. The molecule has 0 spiro atoms. The van der Waals surface area contributed by atoms with Gasteiger partial charge in [-0.3, -0.25) is 9.59 Å². The molecule has 1 aromatic carbocycles. The predicted octanol–water partition coefficient (Wildman–Crippen LogP) is 2.12. The van der Waals surface area contributed by atoms with Gasteiger partial charge in [-0.2, -0.15) is 0 Å². The van der Waals surface area contributed by atoms with Crippen molar-refractivity contribution in [1.29, 1.82) is 0 Å². The minimum atomic E-state index is -0.386. The average molecular weight is 292 g/mol. The number of methoxy groups -OCH3 is 1. The van der Waals surface area contributed by atoms with E-state index in [1.807, 2.05) is 0 Å². The van der Waals surface area contributed by atoms with Crippen molar-refractivity contribution >= 4 is 6.29 Å². The quantitative estimate of drug-likeness (QED) is 0.841. The van der Waals surface area contributed by atoms with Gasteiger partial charge in [0.2, 0.25) is 11.2 Å². The van der Waals surface area contributed by atoms with Crippen molar-refractivity contribution in [3.63, 3.8) is 0 Å². The minimum absolute atomic E-state index is 0.0399. The number of carbonyl (C=O) groups is 1. The molecule has 0 bridgehead atoms. The van der Waals surface area contributed by atoms with Crippen LogP contribution in [-0.4, -0.2) is 23.6 Å². The van der Waals surface area contributed by atoms with Crippen LogP contribution in [0.3, 0.4) is 0 Å². The third-order valence-corrected chi connectivity index (χ3v) is 2.59. The molecule has 0 unspecified atom stereocenters. The summed E-state index contributed by atoms with van der Waals surface area (Å²) in [4.78, 5) is 20.9. The maximum Gasteiger partial charge on any atom is 0.226 e. The van der Waals surface area contributed by atoms with Gasteiger partial charge in [0.25, 0.3) is 0 Å². The SMILES string of the molecule is CCc1occc(=O)c1O.COc1cc(C=O)ccc1O. The van der Waals surface area contributed by atoms with E-state index in [1.54, 1.807) is 6.92 Å². The topological polar surface area (TPSA) is 97.0 Å². The van der Waals surface area contributed by atoms with Crippen LogP contribution in [0.1, 0.15) is 23.0 Å². The lowest BCUT2D eigenvalue weighted by molar-refractivity contribution is 0.112.